The average Bonchev–Trinajstić information content (AvgIpc) is 3.09. The molecule has 0 atom stereocenters. The van der Waals surface area contributed by atoms with E-state index in [2.05, 4.69) is 10.3 Å². The van der Waals surface area contributed by atoms with Crippen LogP contribution in [0.25, 0.3) is 10.9 Å². The van der Waals surface area contributed by atoms with E-state index < -0.39 is 5.97 Å². The third kappa shape index (κ3) is 2.43. The zero-order valence-electron chi connectivity index (χ0n) is 12.3. The van der Waals surface area contributed by atoms with Crippen LogP contribution < -0.4 is 15.0 Å². The van der Waals surface area contributed by atoms with Gasteiger partial charge in [-0.15, -0.1) is 5.10 Å². The molecule has 3 aromatic rings. The molecular weight excluding hydrogens is 314 g/mol. The van der Waals surface area contributed by atoms with E-state index in [1.807, 2.05) is 0 Å². The summed E-state index contributed by atoms with van der Waals surface area (Å²) in [6.45, 7) is -0.208. The van der Waals surface area contributed by atoms with E-state index in [1.165, 1.54) is 6.07 Å². The van der Waals surface area contributed by atoms with Gasteiger partial charge in [0, 0.05) is 0 Å². The van der Waals surface area contributed by atoms with Crippen molar-refractivity contribution in [3.8, 4) is 11.5 Å². The van der Waals surface area contributed by atoms with Crippen molar-refractivity contribution < 1.29 is 19.0 Å². The molecule has 4 rings (SSSR count). The van der Waals surface area contributed by atoms with Gasteiger partial charge < -0.3 is 14.2 Å². The second-order valence-electron chi connectivity index (χ2n) is 5.04. The first-order valence-corrected chi connectivity index (χ1v) is 7.12. The number of benzene rings is 2. The predicted octanol–water partition coefficient (Wildman–Crippen LogP) is 1.33. The molecular formula is C16H11N3O5. The largest absolute Gasteiger partial charge is 0.454 e. The van der Waals surface area contributed by atoms with Crippen LogP contribution in [-0.2, 0) is 11.5 Å². The van der Waals surface area contributed by atoms with Crippen LogP contribution in [0.2, 0.25) is 0 Å². The number of ether oxygens (including phenoxy) is 3. The molecule has 0 radical (unpaired) electrons. The summed E-state index contributed by atoms with van der Waals surface area (Å²) >= 11 is 0. The lowest BCUT2D eigenvalue weighted by molar-refractivity contribution is 0.0335. The first kappa shape index (κ1) is 14.2. The molecule has 0 saturated heterocycles. The number of carbonyl (C=O) groups excluding carboxylic acids is 1. The maximum absolute atomic E-state index is 12.3. The Bertz CT molecular complexity index is 998. The highest BCUT2D eigenvalue weighted by Crippen LogP contribution is 2.32. The van der Waals surface area contributed by atoms with E-state index in [0.29, 0.717) is 28.0 Å². The van der Waals surface area contributed by atoms with Crippen LogP contribution in [0.1, 0.15) is 10.4 Å². The maximum atomic E-state index is 12.3. The molecule has 0 amide bonds. The number of hydrogen-bond acceptors (Lipinski definition) is 7. The second-order valence-corrected chi connectivity index (χ2v) is 5.04. The fourth-order valence-corrected chi connectivity index (χ4v) is 2.33. The van der Waals surface area contributed by atoms with E-state index in [0.717, 1.165) is 4.68 Å². The Hall–Kier alpha value is -3.42. The summed E-state index contributed by atoms with van der Waals surface area (Å²) in [6, 6.07) is 11.5. The van der Waals surface area contributed by atoms with Gasteiger partial charge in [-0.05, 0) is 30.3 Å². The molecule has 0 unspecified atom stereocenters. The summed E-state index contributed by atoms with van der Waals surface area (Å²) in [4.78, 5) is 24.4. The van der Waals surface area contributed by atoms with Crippen molar-refractivity contribution in [3.63, 3.8) is 0 Å². The average molecular weight is 325 g/mol. The molecule has 2 heterocycles. The number of rotatable bonds is 3. The van der Waals surface area contributed by atoms with E-state index in [1.54, 1.807) is 36.4 Å². The monoisotopic (exact) mass is 325 g/mol. The highest BCUT2D eigenvalue weighted by Gasteiger charge is 2.17. The minimum Gasteiger partial charge on any atom is -0.454 e. The van der Waals surface area contributed by atoms with Crippen LogP contribution in [0.4, 0.5) is 0 Å². The quantitative estimate of drug-likeness (QED) is 0.671. The van der Waals surface area contributed by atoms with Crippen LogP contribution in [0.15, 0.2) is 47.3 Å². The number of carbonyl (C=O) groups is 1. The molecule has 8 heteroatoms. The minimum absolute atomic E-state index is 0.121. The molecule has 1 aromatic heterocycles. The first-order chi connectivity index (χ1) is 11.7. The van der Waals surface area contributed by atoms with Crippen LogP contribution in [0.5, 0.6) is 11.5 Å². The van der Waals surface area contributed by atoms with Crippen molar-refractivity contribution >= 4 is 16.9 Å². The van der Waals surface area contributed by atoms with Crippen molar-refractivity contribution in [1.82, 2.24) is 15.0 Å². The molecule has 0 aliphatic carbocycles. The molecule has 0 spiro atoms. The topological polar surface area (TPSA) is 92.5 Å². The maximum Gasteiger partial charge on any atom is 0.340 e. The van der Waals surface area contributed by atoms with Crippen molar-refractivity contribution in [2.75, 3.05) is 6.79 Å². The Morgan fingerprint density at radius 1 is 1.17 bits per heavy atom. The number of nitrogens with zero attached hydrogens (tertiary/aromatic N) is 3. The lowest BCUT2D eigenvalue weighted by Crippen LogP contribution is -2.26. The van der Waals surface area contributed by atoms with E-state index in [-0.39, 0.29) is 19.1 Å². The number of fused-ring (bicyclic) bond motifs is 2. The van der Waals surface area contributed by atoms with Crippen molar-refractivity contribution in [1.29, 1.82) is 0 Å². The summed E-state index contributed by atoms with van der Waals surface area (Å²) in [5.41, 5.74) is 0.404. The molecule has 1 aliphatic rings. The Balaban J connectivity index is 1.53. The van der Waals surface area contributed by atoms with Crippen LogP contribution in [0.3, 0.4) is 0 Å². The standard InChI is InChI=1S/C16H11N3O5/c20-15-11-3-1-2-4-12(11)17-18-19(15)8-22-16(21)10-5-6-13-14(7-10)24-9-23-13/h1-7H,8-9H2. The van der Waals surface area contributed by atoms with Gasteiger partial charge in [0.1, 0.15) is 5.52 Å². The highest BCUT2D eigenvalue weighted by molar-refractivity contribution is 5.90. The molecule has 1 aliphatic heterocycles. The van der Waals surface area contributed by atoms with Gasteiger partial charge in [0.25, 0.3) is 5.56 Å². The number of hydrogen-bond donors (Lipinski definition) is 0. The van der Waals surface area contributed by atoms with Crippen LogP contribution in [-0.4, -0.2) is 27.8 Å². The second kappa shape index (κ2) is 5.65. The SMILES string of the molecule is O=C(OCn1nnc2ccccc2c1=O)c1ccc2c(c1)OCO2. The molecule has 8 nitrogen and oxygen atoms in total. The smallest absolute Gasteiger partial charge is 0.340 e. The van der Waals surface area contributed by atoms with Crippen LogP contribution >= 0.6 is 0 Å². The first-order valence-electron chi connectivity index (χ1n) is 7.12. The Kier molecular flexibility index (Phi) is 3.34. The van der Waals surface area contributed by atoms with Crippen molar-refractivity contribution in [3.05, 3.63) is 58.4 Å². The van der Waals surface area contributed by atoms with Gasteiger partial charge in [0.05, 0.1) is 10.9 Å². The normalized spacial score (nSPS) is 12.3. The molecule has 0 fully saturated rings. The molecule has 24 heavy (non-hydrogen) atoms. The van der Waals surface area contributed by atoms with Gasteiger partial charge in [0.15, 0.2) is 18.2 Å². The third-order valence-corrected chi connectivity index (χ3v) is 3.56. The summed E-state index contributed by atoms with van der Waals surface area (Å²) in [6.07, 6.45) is 0. The van der Waals surface area contributed by atoms with Gasteiger partial charge >= 0.3 is 5.97 Å². The van der Waals surface area contributed by atoms with Crippen molar-refractivity contribution in [2.45, 2.75) is 6.73 Å². The summed E-state index contributed by atoms with van der Waals surface area (Å²) in [5.74, 6) is 0.449. The molecule has 120 valence electrons. The van der Waals surface area contributed by atoms with E-state index in [9.17, 15) is 9.59 Å². The van der Waals surface area contributed by atoms with E-state index >= 15 is 0 Å². The Morgan fingerprint density at radius 3 is 2.92 bits per heavy atom. The summed E-state index contributed by atoms with van der Waals surface area (Å²) < 4.78 is 16.5. The molecule has 0 saturated carbocycles. The minimum atomic E-state index is -0.602. The Labute approximate surface area is 135 Å². The third-order valence-electron chi connectivity index (χ3n) is 3.56. The number of aromatic nitrogens is 3. The predicted molar refractivity (Wildman–Crippen MR) is 81.8 cm³/mol. The number of esters is 1. The Morgan fingerprint density at radius 2 is 2.00 bits per heavy atom. The molecule has 0 N–H and O–H groups in total. The summed E-state index contributed by atoms with van der Waals surface area (Å²) in [7, 11) is 0. The fourth-order valence-electron chi connectivity index (χ4n) is 2.33. The van der Waals surface area contributed by atoms with Gasteiger partial charge in [0.2, 0.25) is 6.79 Å². The summed E-state index contributed by atoms with van der Waals surface area (Å²) in [5, 5.41) is 8.10. The van der Waals surface area contributed by atoms with Crippen molar-refractivity contribution in [2.24, 2.45) is 0 Å². The van der Waals surface area contributed by atoms with Gasteiger partial charge in [-0.25, -0.2) is 4.79 Å². The highest BCUT2D eigenvalue weighted by atomic mass is 16.7. The van der Waals surface area contributed by atoms with Gasteiger partial charge in [-0.1, -0.05) is 17.3 Å². The lowest BCUT2D eigenvalue weighted by atomic mass is 10.2. The van der Waals surface area contributed by atoms with Crippen LogP contribution in [0, 0.1) is 0 Å². The zero-order valence-corrected chi connectivity index (χ0v) is 12.3. The zero-order chi connectivity index (χ0) is 16.5. The lowest BCUT2D eigenvalue weighted by Gasteiger charge is -2.07. The fraction of sp³-hybridized carbons (Fsp3) is 0.125. The van der Waals surface area contributed by atoms with Gasteiger partial charge in [-0.2, -0.15) is 4.68 Å². The van der Waals surface area contributed by atoms with Gasteiger partial charge in [-0.3, -0.25) is 4.79 Å². The molecule has 0 bridgehead atoms. The molecule has 2 aromatic carbocycles. The van der Waals surface area contributed by atoms with E-state index in [4.69, 9.17) is 14.2 Å².